The monoisotopic (exact) mass is 206 g/mol. The van der Waals surface area contributed by atoms with Gasteiger partial charge in [0.15, 0.2) is 6.10 Å². The van der Waals surface area contributed by atoms with Gasteiger partial charge in [-0.15, -0.1) is 0 Å². The summed E-state index contributed by atoms with van der Waals surface area (Å²) < 4.78 is 36.1. The average molecular weight is 206 g/mol. The van der Waals surface area contributed by atoms with E-state index in [1.807, 2.05) is 0 Å². The number of rotatable bonds is 2. The number of alkyl halides is 3. The van der Waals surface area contributed by atoms with Crippen molar-refractivity contribution in [2.45, 2.75) is 38.0 Å². The van der Waals surface area contributed by atoms with Crippen LogP contribution >= 0.6 is 0 Å². The zero-order chi connectivity index (χ0) is 10.8. The Morgan fingerprint density at radius 2 is 2.14 bits per heavy atom. The third-order valence-corrected chi connectivity index (χ3v) is 2.32. The number of aliphatic hydroxyl groups excluding tert-OH is 1. The number of hydrogen-bond donors (Lipinski definition) is 1. The molecule has 0 aliphatic heterocycles. The lowest BCUT2D eigenvalue weighted by Gasteiger charge is -2.20. The van der Waals surface area contributed by atoms with E-state index in [2.05, 4.69) is 6.58 Å². The van der Waals surface area contributed by atoms with Crippen molar-refractivity contribution < 1.29 is 18.3 Å². The fourth-order valence-corrected chi connectivity index (χ4v) is 1.45. The van der Waals surface area contributed by atoms with Crippen LogP contribution in [0, 0.1) is 0 Å². The molecule has 0 saturated heterocycles. The Morgan fingerprint density at radius 1 is 1.50 bits per heavy atom. The quantitative estimate of drug-likeness (QED) is 0.736. The van der Waals surface area contributed by atoms with Crippen LogP contribution < -0.4 is 0 Å². The van der Waals surface area contributed by atoms with E-state index in [1.54, 1.807) is 6.08 Å². The van der Waals surface area contributed by atoms with Gasteiger partial charge in [0, 0.05) is 6.42 Å². The molecule has 1 atom stereocenters. The molecule has 0 heterocycles. The first-order valence-corrected chi connectivity index (χ1v) is 4.53. The molecule has 80 valence electrons. The highest BCUT2D eigenvalue weighted by Gasteiger charge is 2.38. The molecule has 1 aliphatic rings. The fraction of sp³-hybridized carbons (Fsp3) is 0.600. The topological polar surface area (TPSA) is 20.2 Å². The summed E-state index contributed by atoms with van der Waals surface area (Å²) in [5.41, 5.74) is 1.28. The minimum atomic E-state index is -4.53. The summed E-state index contributed by atoms with van der Waals surface area (Å²) in [6.45, 7) is 3.68. The molecule has 1 aliphatic carbocycles. The van der Waals surface area contributed by atoms with E-state index >= 15 is 0 Å². The van der Waals surface area contributed by atoms with Crippen molar-refractivity contribution in [2.24, 2.45) is 0 Å². The van der Waals surface area contributed by atoms with Crippen LogP contribution in [0.15, 0.2) is 23.8 Å². The first-order valence-electron chi connectivity index (χ1n) is 4.53. The molecule has 0 amide bonds. The lowest BCUT2D eigenvalue weighted by molar-refractivity contribution is -0.202. The highest BCUT2D eigenvalue weighted by molar-refractivity contribution is 5.31. The summed E-state index contributed by atoms with van der Waals surface area (Å²) in [5, 5.41) is 8.85. The normalized spacial score (nSPS) is 20.6. The maximum absolute atomic E-state index is 12.0. The Hall–Kier alpha value is -0.770. The van der Waals surface area contributed by atoms with Crippen LogP contribution in [-0.4, -0.2) is 17.4 Å². The molecule has 1 rings (SSSR count). The van der Waals surface area contributed by atoms with Crippen LogP contribution in [-0.2, 0) is 0 Å². The van der Waals surface area contributed by atoms with Gasteiger partial charge in [-0.2, -0.15) is 13.2 Å². The molecule has 0 saturated carbocycles. The molecular formula is C10H13F3O. The van der Waals surface area contributed by atoms with Gasteiger partial charge in [0.1, 0.15) is 0 Å². The number of halogens is 3. The second-order valence-corrected chi connectivity index (χ2v) is 3.49. The van der Waals surface area contributed by atoms with E-state index in [9.17, 15) is 13.2 Å². The molecule has 0 aromatic rings. The van der Waals surface area contributed by atoms with Crippen LogP contribution in [0.1, 0.15) is 25.7 Å². The lowest BCUT2D eigenvalue weighted by atomic mass is 9.91. The molecule has 14 heavy (non-hydrogen) atoms. The molecule has 1 N–H and O–H groups in total. The summed E-state index contributed by atoms with van der Waals surface area (Å²) in [5.74, 6) is 0. The second-order valence-electron chi connectivity index (χ2n) is 3.49. The number of allylic oxidation sites excluding steroid dienone is 2. The largest absolute Gasteiger partial charge is 0.414 e. The van der Waals surface area contributed by atoms with Gasteiger partial charge in [-0.3, -0.25) is 0 Å². The molecular weight excluding hydrogens is 193 g/mol. The predicted octanol–water partition coefficient (Wildman–Crippen LogP) is 2.97. The van der Waals surface area contributed by atoms with Gasteiger partial charge in [0.25, 0.3) is 0 Å². The Kier molecular flexibility index (Phi) is 3.37. The molecule has 0 aromatic carbocycles. The smallest absolute Gasteiger partial charge is 0.383 e. The zero-order valence-corrected chi connectivity index (χ0v) is 7.77. The van der Waals surface area contributed by atoms with Gasteiger partial charge in [-0.05, 0) is 24.8 Å². The molecule has 1 nitrogen and oxygen atoms in total. The van der Waals surface area contributed by atoms with Crippen LogP contribution in [0.25, 0.3) is 0 Å². The van der Waals surface area contributed by atoms with Crippen molar-refractivity contribution in [2.75, 3.05) is 0 Å². The van der Waals surface area contributed by atoms with Gasteiger partial charge in [-0.1, -0.05) is 18.2 Å². The highest BCUT2D eigenvalue weighted by Crippen LogP contribution is 2.31. The Bertz CT molecular complexity index is 253. The van der Waals surface area contributed by atoms with Crippen molar-refractivity contribution in [3.8, 4) is 0 Å². The van der Waals surface area contributed by atoms with Crippen molar-refractivity contribution in [3.63, 3.8) is 0 Å². The molecule has 0 radical (unpaired) electrons. The van der Waals surface area contributed by atoms with E-state index < -0.39 is 12.3 Å². The van der Waals surface area contributed by atoms with Crippen molar-refractivity contribution in [1.82, 2.24) is 0 Å². The molecule has 0 bridgehead atoms. The second kappa shape index (κ2) is 4.17. The molecule has 4 heteroatoms. The van der Waals surface area contributed by atoms with Gasteiger partial charge < -0.3 is 5.11 Å². The molecule has 0 aromatic heterocycles. The van der Waals surface area contributed by atoms with Crippen LogP contribution in [0.4, 0.5) is 13.2 Å². The van der Waals surface area contributed by atoms with Crippen molar-refractivity contribution >= 4 is 0 Å². The summed E-state index contributed by atoms with van der Waals surface area (Å²) in [4.78, 5) is 0. The van der Waals surface area contributed by atoms with E-state index in [4.69, 9.17) is 5.11 Å². The van der Waals surface area contributed by atoms with E-state index in [0.717, 1.165) is 24.8 Å². The number of hydrogen-bond acceptors (Lipinski definition) is 1. The van der Waals surface area contributed by atoms with E-state index in [-0.39, 0.29) is 6.42 Å². The Labute approximate surface area is 80.9 Å². The molecule has 0 fully saturated rings. The van der Waals surface area contributed by atoms with E-state index in [1.165, 1.54) is 0 Å². The lowest BCUT2D eigenvalue weighted by Crippen LogP contribution is -2.29. The predicted molar refractivity (Wildman–Crippen MR) is 47.8 cm³/mol. The van der Waals surface area contributed by atoms with Gasteiger partial charge in [0.05, 0.1) is 0 Å². The fourth-order valence-electron chi connectivity index (χ4n) is 1.45. The summed E-state index contributed by atoms with van der Waals surface area (Å²) in [6, 6.07) is 0. The Morgan fingerprint density at radius 3 is 2.64 bits per heavy atom. The minimum Gasteiger partial charge on any atom is -0.383 e. The van der Waals surface area contributed by atoms with Crippen LogP contribution in [0.2, 0.25) is 0 Å². The summed E-state index contributed by atoms with van der Waals surface area (Å²) >= 11 is 0. The van der Waals surface area contributed by atoms with Crippen molar-refractivity contribution in [1.29, 1.82) is 0 Å². The standard InChI is InChI=1S/C10H13F3O/c1-7-4-2-3-5-8(7)6-9(14)10(11,12)13/h5,9,14H,1-4,6H2. The molecule has 0 spiro atoms. The van der Waals surface area contributed by atoms with Gasteiger partial charge >= 0.3 is 6.18 Å². The third-order valence-electron chi connectivity index (χ3n) is 2.32. The number of aliphatic hydroxyl groups is 1. The third kappa shape index (κ3) is 2.87. The zero-order valence-electron chi connectivity index (χ0n) is 7.77. The van der Waals surface area contributed by atoms with Gasteiger partial charge in [-0.25, -0.2) is 0 Å². The van der Waals surface area contributed by atoms with E-state index in [0.29, 0.717) is 5.57 Å². The summed E-state index contributed by atoms with van der Waals surface area (Å²) in [7, 11) is 0. The summed E-state index contributed by atoms with van der Waals surface area (Å²) in [6.07, 6.45) is -2.97. The SMILES string of the molecule is C=C1CCCC=C1CC(O)C(F)(F)F. The van der Waals surface area contributed by atoms with Crippen LogP contribution in [0.3, 0.4) is 0 Å². The van der Waals surface area contributed by atoms with Gasteiger partial charge in [0.2, 0.25) is 0 Å². The van der Waals surface area contributed by atoms with Crippen LogP contribution in [0.5, 0.6) is 0 Å². The first kappa shape index (κ1) is 11.3. The molecule has 1 unspecified atom stereocenters. The van der Waals surface area contributed by atoms with Crippen molar-refractivity contribution in [3.05, 3.63) is 23.8 Å². The maximum atomic E-state index is 12.0. The highest BCUT2D eigenvalue weighted by atomic mass is 19.4. The first-order chi connectivity index (χ1) is 6.41. The Balaban J connectivity index is 2.59. The average Bonchev–Trinajstić information content (AvgIpc) is 2.07. The minimum absolute atomic E-state index is 0.359. The maximum Gasteiger partial charge on any atom is 0.414 e.